The van der Waals surface area contributed by atoms with Crippen molar-refractivity contribution in [1.29, 1.82) is 0 Å². The second-order valence-corrected chi connectivity index (χ2v) is 6.76. The number of nitrogens with two attached hydrogens (primary N) is 1. The number of aromatic nitrogens is 3. The minimum Gasteiger partial charge on any atom is -0.258 e. The van der Waals surface area contributed by atoms with E-state index in [1.807, 2.05) is 0 Å². The number of imidazole rings is 1. The van der Waals surface area contributed by atoms with Gasteiger partial charge >= 0.3 is 0 Å². The number of nitrogens with zero attached hydrogens (tertiary/aromatic N) is 4. The molecule has 2 N–H and O–H groups in total. The summed E-state index contributed by atoms with van der Waals surface area (Å²) in [5.41, 5.74) is 0.944. The van der Waals surface area contributed by atoms with Gasteiger partial charge in [0.25, 0.3) is 15.7 Å². The highest BCUT2D eigenvalue weighted by atomic mass is 32.2. The minimum atomic E-state index is -3.87. The standard InChI is InChI=1S/C10H7N5O4S2/c11-21(18,19)10-13-14-5-8(12-9(14)20-10)6-2-1-3-7(4-6)15(16)17/h1-5H,(H2,11,18,19). The lowest BCUT2D eigenvalue weighted by atomic mass is 10.1. The van der Waals surface area contributed by atoms with Crippen molar-refractivity contribution in [2.24, 2.45) is 5.14 Å². The van der Waals surface area contributed by atoms with Crippen molar-refractivity contribution in [3.05, 3.63) is 40.6 Å². The molecule has 21 heavy (non-hydrogen) atoms. The molecule has 3 rings (SSSR count). The quantitative estimate of drug-likeness (QED) is 0.564. The first kappa shape index (κ1) is 13.6. The first-order valence-electron chi connectivity index (χ1n) is 5.48. The van der Waals surface area contributed by atoms with E-state index >= 15 is 0 Å². The van der Waals surface area contributed by atoms with Gasteiger partial charge in [-0.15, -0.1) is 5.10 Å². The van der Waals surface area contributed by atoms with Crippen LogP contribution in [0.3, 0.4) is 0 Å². The molecule has 2 aromatic heterocycles. The Morgan fingerprint density at radius 1 is 1.38 bits per heavy atom. The predicted octanol–water partition coefficient (Wildman–Crippen LogP) is 1.01. The van der Waals surface area contributed by atoms with E-state index in [1.165, 1.54) is 22.8 Å². The molecule has 11 heteroatoms. The van der Waals surface area contributed by atoms with Crippen LogP contribution in [0.15, 0.2) is 34.8 Å². The smallest absolute Gasteiger partial charge is 0.258 e. The molecule has 0 saturated heterocycles. The van der Waals surface area contributed by atoms with Crippen molar-refractivity contribution < 1.29 is 13.3 Å². The third-order valence-corrected chi connectivity index (χ3v) is 4.85. The van der Waals surface area contributed by atoms with Crippen LogP contribution in [0.1, 0.15) is 0 Å². The van der Waals surface area contributed by atoms with Gasteiger partial charge < -0.3 is 0 Å². The molecular formula is C10H7N5O4S2. The number of nitro benzene ring substituents is 1. The zero-order chi connectivity index (χ0) is 15.2. The van der Waals surface area contributed by atoms with Crippen LogP contribution in [-0.2, 0) is 10.0 Å². The summed E-state index contributed by atoms with van der Waals surface area (Å²) in [5.74, 6) is 0. The fourth-order valence-electron chi connectivity index (χ4n) is 1.71. The van der Waals surface area contributed by atoms with Crippen LogP contribution in [-0.4, -0.2) is 27.9 Å². The summed E-state index contributed by atoms with van der Waals surface area (Å²) in [7, 11) is -3.87. The van der Waals surface area contributed by atoms with Crippen LogP contribution in [0.2, 0.25) is 0 Å². The van der Waals surface area contributed by atoms with Crippen LogP contribution >= 0.6 is 11.3 Å². The Morgan fingerprint density at radius 3 is 2.76 bits per heavy atom. The Bertz CT molecular complexity index is 927. The Balaban J connectivity index is 2.08. The highest BCUT2D eigenvalue weighted by molar-refractivity contribution is 7.91. The van der Waals surface area contributed by atoms with E-state index in [0.29, 0.717) is 16.2 Å². The molecule has 0 saturated carbocycles. The number of nitro groups is 1. The maximum Gasteiger partial charge on any atom is 0.270 e. The maximum atomic E-state index is 11.2. The molecular weight excluding hydrogens is 318 g/mol. The van der Waals surface area contributed by atoms with Gasteiger partial charge in [0.05, 0.1) is 16.8 Å². The van der Waals surface area contributed by atoms with Gasteiger partial charge in [-0.25, -0.2) is 23.1 Å². The van der Waals surface area contributed by atoms with E-state index < -0.39 is 14.9 Å². The van der Waals surface area contributed by atoms with Crippen molar-refractivity contribution >= 4 is 32.0 Å². The Kier molecular flexibility index (Phi) is 2.97. The molecule has 2 heterocycles. The minimum absolute atomic E-state index is 0.0537. The Labute approximate surface area is 121 Å². The van der Waals surface area contributed by atoms with Crippen LogP contribution < -0.4 is 5.14 Å². The zero-order valence-corrected chi connectivity index (χ0v) is 11.8. The number of hydrogen-bond donors (Lipinski definition) is 1. The number of benzene rings is 1. The van der Waals surface area contributed by atoms with Gasteiger partial charge in [0.2, 0.25) is 9.30 Å². The van der Waals surface area contributed by atoms with Crippen LogP contribution in [0.25, 0.3) is 16.2 Å². The van der Waals surface area contributed by atoms with E-state index in [-0.39, 0.29) is 10.0 Å². The summed E-state index contributed by atoms with van der Waals surface area (Å²) in [6.07, 6.45) is 1.49. The van der Waals surface area contributed by atoms with Crippen molar-refractivity contribution in [2.45, 2.75) is 4.34 Å². The second kappa shape index (κ2) is 4.58. The van der Waals surface area contributed by atoms with Crippen molar-refractivity contribution in [3.8, 4) is 11.3 Å². The number of rotatable bonds is 3. The van der Waals surface area contributed by atoms with Gasteiger partial charge in [-0.2, -0.15) is 0 Å². The summed E-state index contributed by atoms with van der Waals surface area (Å²) in [5, 5.41) is 19.6. The number of sulfonamides is 1. The SMILES string of the molecule is NS(=O)(=O)c1nn2cc(-c3cccc([N+](=O)[O-])c3)nc2s1. The number of non-ortho nitro benzene ring substituents is 1. The molecule has 108 valence electrons. The molecule has 0 aliphatic heterocycles. The lowest BCUT2D eigenvalue weighted by Gasteiger charge is -1.96. The molecule has 3 aromatic rings. The molecule has 1 aromatic carbocycles. The fourth-order valence-corrected chi connectivity index (χ4v) is 3.22. The second-order valence-electron chi connectivity index (χ2n) is 4.07. The first-order chi connectivity index (χ1) is 9.84. The fraction of sp³-hybridized carbons (Fsp3) is 0. The highest BCUT2D eigenvalue weighted by Crippen LogP contribution is 2.26. The number of hydrogen-bond acceptors (Lipinski definition) is 7. The zero-order valence-electron chi connectivity index (χ0n) is 10.2. The molecule has 0 aliphatic rings. The molecule has 0 amide bonds. The van der Waals surface area contributed by atoms with Gasteiger partial charge in [0.1, 0.15) is 0 Å². The molecule has 0 unspecified atom stereocenters. The van der Waals surface area contributed by atoms with Crippen LogP contribution in [0, 0.1) is 10.1 Å². The molecule has 0 radical (unpaired) electrons. The largest absolute Gasteiger partial charge is 0.270 e. The van der Waals surface area contributed by atoms with Gasteiger partial charge in [-0.1, -0.05) is 23.5 Å². The molecule has 9 nitrogen and oxygen atoms in total. The van der Waals surface area contributed by atoms with Crippen molar-refractivity contribution in [3.63, 3.8) is 0 Å². The van der Waals surface area contributed by atoms with Gasteiger partial charge in [0.15, 0.2) is 0 Å². The average molecular weight is 325 g/mol. The lowest BCUT2D eigenvalue weighted by Crippen LogP contribution is -2.12. The third-order valence-electron chi connectivity index (χ3n) is 2.62. The van der Waals surface area contributed by atoms with E-state index in [0.717, 1.165) is 11.3 Å². The monoisotopic (exact) mass is 325 g/mol. The van der Waals surface area contributed by atoms with Gasteiger partial charge in [-0.3, -0.25) is 10.1 Å². The summed E-state index contributed by atoms with van der Waals surface area (Å²) >= 11 is 0.824. The molecule has 0 bridgehead atoms. The summed E-state index contributed by atoms with van der Waals surface area (Å²) < 4.78 is 23.4. The van der Waals surface area contributed by atoms with Crippen molar-refractivity contribution in [1.82, 2.24) is 14.6 Å². The van der Waals surface area contributed by atoms with Crippen molar-refractivity contribution in [2.75, 3.05) is 0 Å². The summed E-state index contributed by atoms with van der Waals surface area (Å²) in [6.45, 7) is 0. The Hall–Kier alpha value is -2.37. The first-order valence-corrected chi connectivity index (χ1v) is 7.85. The Morgan fingerprint density at radius 2 is 2.14 bits per heavy atom. The van der Waals surface area contributed by atoms with Crippen LogP contribution in [0.5, 0.6) is 0 Å². The highest BCUT2D eigenvalue weighted by Gasteiger charge is 2.17. The molecule has 0 atom stereocenters. The third kappa shape index (κ3) is 2.49. The van der Waals surface area contributed by atoms with E-state index in [2.05, 4.69) is 10.1 Å². The summed E-state index contributed by atoms with van der Waals surface area (Å²) in [6, 6.07) is 5.97. The molecule has 0 fully saturated rings. The van der Waals surface area contributed by atoms with Gasteiger partial charge in [-0.05, 0) is 0 Å². The topological polar surface area (TPSA) is 133 Å². The van der Waals surface area contributed by atoms with E-state index in [9.17, 15) is 18.5 Å². The van der Waals surface area contributed by atoms with Gasteiger partial charge in [0, 0.05) is 17.7 Å². The normalized spacial score (nSPS) is 11.9. The molecule has 0 aliphatic carbocycles. The van der Waals surface area contributed by atoms with Crippen LogP contribution in [0.4, 0.5) is 5.69 Å². The maximum absolute atomic E-state index is 11.2. The number of primary sulfonamides is 1. The lowest BCUT2D eigenvalue weighted by molar-refractivity contribution is -0.384. The van der Waals surface area contributed by atoms with E-state index in [1.54, 1.807) is 12.1 Å². The van der Waals surface area contributed by atoms with E-state index in [4.69, 9.17) is 5.14 Å². The molecule has 0 spiro atoms. The summed E-state index contributed by atoms with van der Waals surface area (Å²) in [4.78, 5) is 14.8. The number of fused-ring (bicyclic) bond motifs is 1. The predicted molar refractivity (Wildman–Crippen MR) is 74.3 cm³/mol. The average Bonchev–Trinajstić information content (AvgIpc) is 2.96.